The summed E-state index contributed by atoms with van der Waals surface area (Å²) >= 11 is 0.794. The van der Waals surface area contributed by atoms with Crippen molar-refractivity contribution in [2.75, 3.05) is 6.61 Å². The van der Waals surface area contributed by atoms with Gasteiger partial charge in [0.15, 0.2) is 5.69 Å². The minimum Gasteiger partial charge on any atom is -0.461 e. The Morgan fingerprint density at radius 3 is 2.79 bits per heavy atom. The molecule has 2 aromatic rings. The van der Waals surface area contributed by atoms with E-state index in [0.717, 1.165) is 28.3 Å². The first-order valence-corrected chi connectivity index (χ1v) is 5.87. The topological polar surface area (TPSA) is 69.9 Å². The number of carbonyl (C=O) groups excluding carboxylic acids is 1. The van der Waals surface area contributed by atoms with Crippen LogP contribution in [0.4, 0.5) is 13.2 Å². The summed E-state index contributed by atoms with van der Waals surface area (Å²) in [5.41, 5.74) is -1.04. The zero-order valence-corrected chi connectivity index (χ0v) is 10.3. The van der Waals surface area contributed by atoms with Crippen LogP contribution in [-0.2, 0) is 10.9 Å². The molecule has 0 N–H and O–H groups in total. The fourth-order valence-electron chi connectivity index (χ4n) is 1.17. The first kappa shape index (κ1) is 13.5. The molecule has 0 spiro atoms. The molecule has 0 aliphatic rings. The maximum absolute atomic E-state index is 12.4. The number of hydrogen-bond acceptors (Lipinski definition) is 6. The van der Waals surface area contributed by atoms with E-state index in [1.165, 1.54) is 0 Å². The molecule has 102 valence electrons. The van der Waals surface area contributed by atoms with Crippen molar-refractivity contribution in [3.8, 4) is 5.13 Å². The minimum absolute atomic E-state index is 0.0408. The van der Waals surface area contributed by atoms with Crippen molar-refractivity contribution in [1.82, 2.24) is 20.0 Å². The second kappa shape index (κ2) is 4.96. The number of carbonyl (C=O) groups is 1. The van der Waals surface area contributed by atoms with Crippen LogP contribution in [0.25, 0.3) is 5.13 Å². The van der Waals surface area contributed by atoms with Gasteiger partial charge in [-0.05, 0) is 13.0 Å². The molecular formula is C9H7F3N4O2S. The third-order valence-electron chi connectivity index (χ3n) is 1.94. The SMILES string of the molecule is CCOC(=O)c1nnc(-n2ccc(C(F)(F)F)n2)s1. The molecule has 0 aromatic carbocycles. The average molecular weight is 292 g/mol. The van der Waals surface area contributed by atoms with Crippen LogP contribution in [0.5, 0.6) is 0 Å². The highest BCUT2D eigenvalue weighted by Crippen LogP contribution is 2.28. The Bertz CT molecular complexity index is 592. The van der Waals surface area contributed by atoms with E-state index in [2.05, 4.69) is 15.3 Å². The third kappa shape index (κ3) is 2.89. The molecule has 0 unspecified atom stereocenters. The smallest absolute Gasteiger partial charge is 0.435 e. The van der Waals surface area contributed by atoms with Gasteiger partial charge in [-0.1, -0.05) is 11.3 Å². The van der Waals surface area contributed by atoms with Crippen molar-refractivity contribution in [3.63, 3.8) is 0 Å². The van der Waals surface area contributed by atoms with Crippen molar-refractivity contribution < 1.29 is 22.7 Å². The number of hydrogen-bond donors (Lipinski definition) is 0. The van der Waals surface area contributed by atoms with Gasteiger partial charge in [-0.3, -0.25) is 0 Å². The zero-order valence-electron chi connectivity index (χ0n) is 9.51. The molecule has 2 heterocycles. The molecule has 0 fully saturated rings. The summed E-state index contributed by atoms with van der Waals surface area (Å²) in [6.45, 7) is 1.80. The van der Waals surface area contributed by atoms with Crippen LogP contribution in [0.15, 0.2) is 12.3 Å². The van der Waals surface area contributed by atoms with Gasteiger partial charge >= 0.3 is 12.1 Å². The molecule has 0 radical (unpaired) electrons. The van der Waals surface area contributed by atoms with Gasteiger partial charge < -0.3 is 4.74 Å². The van der Waals surface area contributed by atoms with Crippen LogP contribution >= 0.6 is 11.3 Å². The van der Waals surface area contributed by atoms with Crippen LogP contribution in [-0.4, -0.2) is 32.6 Å². The van der Waals surface area contributed by atoms with Gasteiger partial charge in [0.25, 0.3) is 0 Å². The van der Waals surface area contributed by atoms with E-state index in [0.29, 0.717) is 0 Å². The normalized spacial score (nSPS) is 11.6. The molecule has 2 rings (SSSR count). The summed E-state index contributed by atoms with van der Waals surface area (Å²) in [7, 11) is 0. The van der Waals surface area contributed by atoms with Crippen LogP contribution in [0.1, 0.15) is 22.4 Å². The van der Waals surface area contributed by atoms with Gasteiger partial charge in [0, 0.05) is 6.20 Å². The molecule has 19 heavy (non-hydrogen) atoms. The largest absolute Gasteiger partial charge is 0.461 e. The Hall–Kier alpha value is -1.97. The molecule has 0 atom stereocenters. The van der Waals surface area contributed by atoms with Crippen LogP contribution in [0, 0.1) is 0 Å². The lowest BCUT2D eigenvalue weighted by molar-refractivity contribution is -0.141. The van der Waals surface area contributed by atoms with E-state index in [9.17, 15) is 18.0 Å². The van der Waals surface area contributed by atoms with E-state index in [1.54, 1.807) is 6.92 Å². The number of alkyl halides is 3. The lowest BCUT2D eigenvalue weighted by atomic mass is 10.4. The molecular weight excluding hydrogens is 285 g/mol. The van der Waals surface area contributed by atoms with Crippen molar-refractivity contribution in [2.24, 2.45) is 0 Å². The van der Waals surface area contributed by atoms with Crippen LogP contribution < -0.4 is 0 Å². The fraction of sp³-hybridized carbons (Fsp3) is 0.333. The van der Waals surface area contributed by atoms with E-state index in [-0.39, 0.29) is 16.7 Å². The summed E-state index contributed by atoms with van der Waals surface area (Å²) in [5, 5.41) is 10.5. The van der Waals surface area contributed by atoms with Gasteiger partial charge in [-0.2, -0.15) is 18.3 Å². The average Bonchev–Trinajstić information content (AvgIpc) is 2.97. The number of ether oxygens (including phenoxy) is 1. The van der Waals surface area contributed by atoms with Gasteiger partial charge in [0.1, 0.15) is 0 Å². The van der Waals surface area contributed by atoms with Gasteiger partial charge in [0.05, 0.1) is 6.61 Å². The number of esters is 1. The summed E-state index contributed by atoms with van der Waals surface area (Å²) < 4.78 is 42.7. The van der Waals surface area contributed by atoms with Gasteiger partial charge in [-0.15, -0.1) is 10.2 Å². The predicted molar refractivity (Wildman–Crippen MR) is 58.0 cm³/mol. The molecule has 0 amide bonds. The zero-order chi connectivity index (χ0) is 14.0. The van der Waals surface area contributed by atoms with Gasteiger partial charge in [-0.25, -0.2) is 9.48 Å². The van der Waals surface area contributed by atoms with Crippen molar-refractivity contribution in [1.29, 1.82) is 0 Å². The Morgan fingerprint density at radius 1 is 1.47 bits per heavy atom. The standard InChI is InChI=1S/C9H7F3N4O2S/c1-2-18-7(17)6-13-14-8(19-6)16-4-3-5(15-16)9(10,11)12/h3-4H,2H2,1H3. The Morgan fingerprint density at radius 2 is 2.21 bits per heavy atom. The Labute approximate surface area is 108 Å². The van der Waals surface area contributed by atoms with Crippen LogP contribution in [0.2, 0.25) is 0 Å². The predicted octanol–water partition coefficient (Wildman–Crippen LogP) is 1.92. The quantitative estimate of drug-likeness (QED) is 0.808. The minimum atomic E-state index is -4.53. The maximum Gasteiger partial charge on any atom is 0.435 e. The monoisotopic (exact) mass is 292 g/mol. The first-order valence-electron chi connectivity index (χ1n) is 5.05. The second-order valence-corrected chi connectivity index (χ2v) is 4.21. The van der Waals surface area contributed by atoms with E-state index in [4.69, 9.17) is 4.74 Å². The molecule has 0 bridgehead atoms. The third-order valence-corrected chi connectivity index (χ3v) is 2.83. The first-order chi connectivity index (χ1) is 8.91. The molecule has 0 saturated carbocycles. The molecule has 0 aliphatic carbocycles. The molecule has 0 saturated heterocycles. The molecule has 0 aliphatic heterocycles. The second-order valence-electron chi connectivity index (χ2n) is 3.25. The summed E-state index contributed by atoms with van der Waals surface area (Å²) in [4.78, 5) is 11.3. The highest BCUT2D eigenvalue weighted by molar-refractivity contribution is 7.15. The van der Waals surface area contributed by atoms with Gasteiger partial charge in [0.2, 0.25) is 10.1 Å². The molecule has 10 heteroatoms. The number of aromatic nitrogens is 4. The lowest BCUT2D eigenvalue weighted by Gasteiger charge is -1.99. The summed E-state index contributed by atoms with van der Waals surface area (Å²) in [5.74, 6) is -0.672. The number of nitrogens with zero attached hydrogens (tertiary/aromatic N) is 4. The number of halogens is 3. The summed E-state index contributed by atoms with van der Waals surface area (Å²) in [6.07, 6.45) is -3.43. The van der Waals surface area contributed by atoms with E-state index >= 15 is 0 Å². The Kier molecular flexibility index (Phi) is 3.51. The van der Waals surface area contributed by atoms with Crippen molar-refractivity contribution >= 4 is 17.3 Å². The summed E-state index contributed by atoms with van der Waals surface area (Å²) in [6, 6.07) is 0.811. The van der Waals surface area contributed by atoms with Crippen LogP contribution in [0.3, 0.4) is 0 Å². The highest BCUT2D eigenvalue weighted by Gasteiger charge is 2.34. The highest BCUT2D eigenvalue weighted by atomic mass is 32.1. The fourth-order valence-corrected chi connectivity index (χ4v) is 1.84. The van der Waals surface area contributed by atoms with E-state index in [1.807, 2.05) is 0 Å². The molecule has 6 nitrogen and oxygen atoms in total. The maximum atomic E-state index is 12.4. The van der Waals surface area contributed by atoms with E-state index < -0.39 is 17.8 Å². The molecule has 2 aromatic heterocycles. The van der Waals surface area contributed by atoms with Crippen molar-refractivity contribution in [2.45, 2.75) is 13.1 Å². The number of rotatable bonds is 3. The van der Waals surface area contributed by atoms with Crippen molar-refractivity contribution in [3.05, 3.63) is 23.0 Å². The Balaban J connectivity index is 2.23. The lowest BCUT2D eigenvalue weighted by Crippen LogP contribution is -2.07.